The van der Waals surface area contributed by atoms with Gasteiger partial charge in [0, 0.05) is 4.88 Å². The Morgan fingerprint density at radius 1 is 1.36 bits per heavy atom. The van der Waals surface area contributed by atoms with Crippen molar-refractivity contribution < 1.29 is 18.4 Å². The number of carbonyl (C=O) groups is 1. The maximum absolute atomic E-state index is 13.9. The fraction of sp³-hybridized carbons (Fsp3) is 0.235. The smallest absolute Gasteiger partial charge is 0.261 e. The molecule has 1 amide bonds. The summed E-state index contributed by atoms with van der Waals surface area (Å²) in [6, 6.07) is 5.86. The molecule has 2 aromatic heterocycles. The van der Waals surface area contributed by atoms with Crippen molar-refractivity contribution in [1.82, 2.24) is 10.1 Å². The summed E-state index contributed by atoms with van der Waals surface area (Å²) in [5.74, 6) is -0.232. The number of rotatable bonds is 3. The lowest BCUT2D eigenvalue weighted by Crippen LogP contribution is -2.13. The first-order chi connectivity index (χ1) is 12.1. The lowest BCUT2D eigenvalue weighted by molar-refractivity contribution is 0.102. The second kappa shape index (κ2) is 6.38. The Hall–Kier alpha value is -2.58. The van der Waals surface area contributed by atoms with E-state index in [0.717, 1.165) is 10.4 Å². The summed E-state index contributed by atoms with van der Waals surface area (Å²) in [5.41, 5.74) is 1.72. The molecule has 0 aliphatic carbocycles. The van der Waals surface area contributed by atoms with Gasteiger partial charge in [0.2, 0.25) is 0 Å². The van der Waals surface area contributed by atoms with Gasteiger partial charge in [-0.1, -0.05) is 17.3 Å². The molecule has 0 radical (unpaired) electrons. The highest BCUT2D eigenvalue weighted by Gasteiger charge is 2.27. The summed E-state index contributed by atoms with van der Waals surface area (Å²) in [6.07, 6.45) is 0.693. The lowest BCUT2D eigenvalue weighted by atomic mass is 10.1. The molecule has 1 N–H and O–H groups in total. The van der Waals surface area contributed by atoms with Crippen LogP contribution >= 0.6 is 11.3 Å². The van der Waals surface area contributed by atoms with Crippen LogP contribution in [0.25, 0.3) is 11.5 Å². The summed E-state index contributed by atoms with van der Waals surface area (Å²) in [6.45, 7) is 2.78. The quantitative estimate of drug-likeness (QED) is 0.773. The van der Waals surface area contributed by atoms with Gasteiger partial charge in [0.15, 0.2) is 5.82 Å². The zero-order valence-electron chi connectivity index (χ0n) is 13.3. The molecule has 3 heterocycles. The Labute approximate surface area is 146 Å². The molecular weight excluding hydrogens is 345 g/mol. The number of fused-ring (bicyclic) bond motifs is 1. The second-order valence-electron chi connectivity index (χ2n) is 5.59. The fourth-order valence-electron chi connectivity index (χ4n) is 2.76. The van der Waals surface area contributed by atoms with Gasteiger partial charge in [-0.25, -0.2) is 4.39 Å². The van der Waals surface area contributed by atoms with E-state index in [-0.39, 0.29) is 5.56 Å². The van der Waals surface area contributed by atoms with Crippen molar-refractivity contribution in [2.75, 3.05) is 11.9 Å². The molecule has 0 saturated heterocycles. The summed E-state index contributed by atoms with van der Waals surface area (Å²) < 4.78 is 24.7. The Balaban J connectivity index is 1.75. The number of amides is 1. The number of hydrogen-bond donors (Lipinski definition) is 1. The number of aryl methyl sites for hydroxylation is 1. The van der Waals surface area contributed by atoms with Gasteiger partial charge in [0.05, 0.1) is 24.3 Å². The number of carbonyl (C=O) groups excluding carboxylic acids is 1. The van der Waals surface area contributed by atoms with E-state index in [4.69, 9.17) is 9.26 Å². The number of nitrogens with zero attached hydrogens (tertiary/aromatic N) is 2. The minimum Gasteiger partial charge on any atom is -0.376 e. The highest BCUT2D eigenvalue weighted by molar-refractivity contribution is 7.17. The summed E-state index contributed by atoms with van der Waals surface area (Å²) in [7, 11) is 0. The number of hydrogen-bond acceptors (Lipinski definition) is 6. The highest BCUT2D eigenvalue weighted by atomic mass is 32.1. The number of anilines is 1. The van der Waals surface area contributed by atoms with Crippen LogP contribution in [0.5, 0.6) is 0 Å². The molecule has 25 heavy (non-hydrogen) atoms. The number of ether oxygens (including phenoxy) is 1. The van der Waals surface area contributed by atoms with Gasteiger partial charge in [-0.3, -0.25) is 4.79 Å². The predicted octanol–water partition coefficient (Wildman–Crippen LogP) is 3.57. The average molecular weight is 359 g/mol. The van der Waals surface area contributed by atoms with Crippen LogP contribution < -0.4 is 5.32 Å². The number of halogens is 1. The van der Waals surface area contributed by atoms with Crippen molar-refractivity contribution in [3.8, 4) is 11.5 Å². The number of aromatic nitrogens is 2. The van der Waals surface area contributed by atoms with Crippen LogP contribution in [0.3, 0.4) is 0 Å². The molecule has 3 aromatic rings. The zero-order chi connectivity index (χ0) is 17.4. The third kappa shape index (κ3) is 2.94. The van der Waals surface area contributed by atoms with E-state index in [2.05, 4.69) is 15.5 Å². The van der Waals surface area contributed by atoms with E-state index in [9.17, 15) is 9.18 Å². The van der Waals surface area contributed by atoms with Crippen molar-refractivity contribution in [2.24, 2.45) is 0 Å². The van der Waals surface area contributed by atoms with Gasteiger partial charge in [0.25, 0.3) is 11.8 Å². The summed E-state index contributed by atoms with van der Waals surface area (Å²) in [4.78, 5) is 17.8. The third-order valence-corrected chi connectivity index (χ3v) is 5.03. The van der Waals surface area contributed by atoms with Crippen LogP contribution in [0.15, 0.2) is 28.8 Å². The van der Waals surface area contributed by atoms with Gasteiger partial charge in [-0.2, -0.15) is 4.98 Å². The fourth-order valence-corrected chi connectivity index (χ4v) is 3.93. The molecular formula is C17H14FN3O3S. The van der Waals surface area contributed by atoms with E-state index < -0.39 is 11.7 Å². The first-order valence-corrected chi connectivity index (χ1v) is 8.54. The average Bonchev–Trinajstić information content (AvgIpc) is 3.17. The van der Waals surface area contributed by atoms with Crippen LogP contribution in [0, 0.1) is 12.7 Å². The summed E-state index contributed by atoms with van der Waals surface area (Å²) >= 11 is 1.39. The molecule has 1 aliphatic heterocycles. The molecule has 1 aliphatic rings. The summed E-state index contributed by atoms with van der Waals surface area (Å²) in [5, 5.41) is 7.18. The van der Waals surface area contributed by atoms with Crippen LogP contribution in [-0.2, 0) is 17.8 Å². The Kier molecular flexibility index (Phi) is 4.06. The van der Waals surface area contributed by atoms with Crippen molar-refractivity contribution >= 4 is 22.2 Å². The third-order valence-electron chi connectivity index (χ3n) is 3.91. The molecule has 128 valence electrons. The molecule has 4 rings (SSSR count). The van der Waals surface area contributed by atoms with Gasteiger partial charge in [-0.05, 0) is 31.0 Å². The number of thiophene rings is 1. The van der Waals surface area contributed by atoms with E-state index in [1.165, 1.54) is 23.5 Å². The van der Waals surface area contributed by atoms with Gasteiger partial charge in [0.1, 0.15) is 10.8 Å². The molecule has 1 aromatic carbocycles. The molecule has 0 atom stereocenters. The van der Waals surface area contributed by atoms with E-state index >= 15 is 0 Å². The van der Waals surface area contributed by atoms with Gasteiger partial charge >= 0.3 is 0 Å². The van der Waals surface area contributed by atoms with Crippen molar-refractivity contribution in [1.29, 1.82) is 0 Å². The molecule has 0 bridgehead atoms. The molecule has 0 unspecified atom stereocenters. The monoisotopic (exact) mass is 359 g/mol. The second-order valence-corrected chi connectivity index (χ2v) is 6.70. The minimum absolute atomic E-state index is 0.0159. The normalized spacial score (nSPS) is 13.5. The van der Waals surface area contributed by atoms with Crippen LogP contribution in [0.4, 0.5) is 9.39 Å². The SMILES string of the molecule is Cc1noc(-c2c(NC(=O)c3ccccc3F)sc3c2CCOC3)n1. The minimum atomic E-state index is -0.570. The zero-order valence-corrected chi connectivity index (χ0v) is 14.2. The van der Waals surface area contributed by atoms with Crippen LogP contribution in [0.2, 0.25) is 0 Å². The molecule has 8 heteroatoms. The Bertz CT molecular complexity index is 951. The van der Waals surface area contributed by atoms with Gasteiger partial charge in [-0.15, -0.1) is 11.3 Å². The topological polar surface area (TPSA) is 77.2 Å². The molecule has 0 spiro atoms. The van der Waals surface area contributed by atoms with Crippen LogP contribution in [0.1, 0.15) is 26.6 Å². The maximum Gasteiger partial charge on any atom is 0.261 e. The van der Waals surface area contributed by atoms with Crippen LogP contribution in [-0.4, -0.2) is 22.7 Å². The van der Waals surface area contributed by atoms with Crippen molar-refractivity contribution in [3.05, 3.63) is 51.9 Å². The molecule has 0 fully saturated rings. The van der Waals surface area contributed by atoms with E-state index in [1.807, 2.05) is 0 Å². The standard InChI is InChI=1S/C17H14FN3O3S/c1-9-19-16(24-21-9)14-11-6-7-23-8-13(11)25-17(14)20-15(22)10-4-2-3-5-12(10)18/h2-5H,6-8H2,1H3,(H,20,22). The first-order valence-electron chi connectivity index (χ1n) is 7.72. The Morgan fingerprint density at radius 3 is 2.96 bits per heavy atom. The number of benzene rings is 1. The predicted molar refractivity (Wildman–Crippen MR) is 90.1 cm³/mol. The van der Waals surface area contributed by atoms with Crippen molar-refractivity contribution in [3.63, 3.8) is 0 Å². The van der Waals surface area contributed by atoms with Gasteiger partial charge < -0.3 is 14.6 Å². The van der Waals surface area contributed by atoms with E-state index in [1.54, 1.807) is 19.1 Å². The van der Waals surface area contributed by atoms with Crippen molar-refractivity contribution in [2.45, 2.75) is 20.0 Å². The maximum atomic E-state index is 13.9. The Morgan fingerprint density at radius 2 is 2.20 bits per heavy atom. The molecule has 6 nitrogen and oxygen atoms in total. The largest absolute Gasteiger partial charge is 0.376 e. The number of nitrogens with one attached hydrogen (secondary N) is 1. The van der Waals surface area contributed by atoms with E-state index in [0.29, 0.717) is 41.9 Å². The first kappa shape index (κ1) is 15.9. The lowest BCUT2D eigenvalue weighted by Gasteiger charge is -2.12. The molecule has 0 saturated carbocycles. The highest BCUT2D eigenvalue weighted by Crippen LogP contribution is 2.42.